The summed E-state index contributed by atoms with van der Waals surface area (Å²) in [5.74, 6) is 1.87. The van der Waals surface area contributed by atoms with Gasteiger partial charge in [-0.1, -0.05) is 0 Å². The molecule has 2 rings (SSSR count). The fourth-order valence-corrected chi connectivity index (χ4v) is 2.28. The van der Waals surface area contributed by atoms with E-state index in [2.05, 4.69) is 24.0 Å². The molecule has 1 fully saturated rings. The van der Waals surface area contributed by atoms with Gasteiger partial charge in [-0.05, 0) is 32.4 Å². The molecule has 1 aliphatic heterocycles. The molecule has 1 aromatic rings. The Balaban J connectivity index is 2.33. The molecule has 0 unspecified atom stereocenters. The minimum absolute atomic E-state index is 0.671. The van der Waals surface area contributed by atoms with Crippen LogP contribution in [-0.4, -0.2) is 39.5 Å². The van der Waals surface area contributed by atoms with Gasteiger partial charge in [-0.3, -0.25) is 0 Å². The Labute approximate surface area is 115 Å². The Morgan fingerprint density at radius 1 is 1.05 bits per heavy atom. The first kappa shape index (κ1) is 14.0. The van der Waals surface area contributed by atoms with E-state index in [1.165, 1.54) is 0 Å². The number of hydrogen-bond donors (Lipinski definition) is 0. The van der Waals surface area contributed by atoms with Crippen molar-refractivity contribution in [3.63, 3.8) is 0 Å². The number of anilines is 1. The second-order valence-electron chi connectivity index (χ2n) is 4.55. The van der Waals surface area contributed by atoms with Crippen molar-refractivity contribution in [1.82, 2.24) is 0 Å². The van der Waals surface area contributed by atoms with Gasteiger partial charge in [0, 0.05) is 19.2 Å². The van der Waals surface area contributed by atoms with Gasteiger partial charge in [-0.2, -0.15) is 0 Å². The van der Waals surface area contributed by atoms with Crippen LogP contribution in [0.15, 0.2) is 12.1 Å². The average Bonchev–Trinajstić information content (AvgIpc) is 2.43. The van der Waals surface area contributed by atoms with Gasteiger partial charge >= 0.3 is 0 Å². The largest absolute Gasteiger partial charge is 0.494 e. The maximum Gasteiger partial charge on any atom is 0.143 e. The van der Waals surface area contributed by atoms with E-state index >= 15 is 0 Å². The van der Waals surface area contributed by atoms with E-state index in [0.717, 1.165) is 49.1 Å². The van der Waals surface area contributed by atoms with Crippen molar-refractivity contribution in [3.8, 4) is 11.5 Å². The summed E-state index contributed by atoms with van der Waals surface area (Å²) in [5, 5.41) is 0. The zero-order valence-electron chi connectivity index (χ0n) is 12.1. The average molecular weight is 265 g/mol. The van der Waals surface area contributed by atoms with Gasteiger partial charge in [0.1, 0.15) is 11.5 Å². The molecule has 0 atom stereocenters. The number of rotatable bonds is 5. The van der Waals surface area contributed by atoms with Crippen LogP contribution < -0.4 is 14.4 Å². The molecule has 4 heteroatoms. The molecule has 0 N–H and O–H groups in total. The zero-order valence-corrected chi connectivity index (χ0v) is 12.1. The molecule has 0 spiro atoms. The van der Waals surface area contributed by atoms with Crippen LogP contribution in [0.1, 0.15) is 19.4 Å². The molecule has 0 aromatic heterocycles. The Morgan fingerprint density at radius 3 is 2.32 bits per heavy atom. The normalized spacial score (nSPS) is 15.4. The van der Waals surface area contributed by atoms with Crippen molar-refractivity contribution in [2.75, 3.05) is 44.4 Å². The molecule has 1 aliphatic rings. The third kappa shape index (κ3) is 3.32. The van der Waals surface area contributed by atoms with Crippen LogP contribution in [-0.2, 0) is 4.74 Å². The van der Waals surface area contributed by atoms with E-state index in [-0.39, 0.29) is 0 Å². The molecule has 1 heterocycles. The highest BCUT2D eigenvalue weighted by atomic mass is 16.5. The highest BCUT2D eigenvalue weighted by molar-refractivity contribution is 5.64. The van der Waals surface area contributed by atoms with Gasteiger partial charge in [0.2, 0.25) is 0 Å². The van der Waals surface area contributed by atoms with E-state index in [0.29, 0.717) is 13.2 Å². The molecule has 19 heavy (non-hydrogen) atoms. The highest BCUT2D eigenvalue weighted by Gasteiger charge is 2.18. The summed E-state index contributed by atoms with van der Waals surface area (Å²) >= 11 is 0. The van der Waals surface area contributed by atoms with Crippen LogP contribution in [0.25, 0.3) is 0 Å². The molecule has 0 saturated carbocycles. The minimum Gasteiger partial charge on any atom is -0.494 e. The molecule has 0 aliphatic carbocycles. The molecular weight excluding hydrogens is 242 g/mol. The van der Waals surface area contributed by atoms with Crippen LogP contribution in [0.4, 0.5) is 5.69 Å². The van der Waals surface area contributed by atoms with E-state index in [1.54, 1.807) is 0 Å². The van der Waals surface area contributed by atoms with Crippen LogP contribution in [0.2, 0.25) is 0 Å². The second-order valence-corrected chi connectivity index (χ2v) is 4.55. The summed E-state index contributed by atoms with van der Waals surface area (Å²) in [6, 6.07) is 4.16. The van der Waals surface area contributed by atoms with Crippen molar-refractivity contribution in [2.24, 2.45) is 0 Å². The van der Waals surface area contributed by atoms with Crippen LogP contribution in [0.3, 0.4) is 0 Å². The van der Waals surface area contributed by atoms with Crippen LogP contribution >= 0.6 is 0 Å². The third-order valence-corrected chi connectivity index (χ3v) is 3.21. The lowest BCUT2D eigenvalue weighted by Gasteiger charge is -2.31. The summed E-state index contributed by atoms with van der Waals surface area (Å²) in [6.45, 7) is 10.7. The summed E-state index contributed by atoms with van der Waals surface area (Å²) in [4.78, 5) is 2.30. The molecule has 1 saturated heterocycles. The molecule has 4 nitrogen and oxygen atoms in total. The van der Waals surface area contributed by atoms with Crippen molar-refractivity contribution in [1.29, 1.82) is 0 Å². The first-order valence-electron chi connectivity index (χ1n) is 6.99. The van der Waals surface area contributed by atoms with E-state index in [9.17, 15) is 0 Å². The van der Waals surface area contributed by atoms with Crippen LogP contribution in [0.5, 0.6) is 11.5 Å². The Kier molecular flexibility index (Phi) is 4.91. The molecule has 1 aromatic carbocycles. The zero-order chi connectivity index (χ0) is 13.7. The predicted molar refractivity (Wildman–Crippen MR) is 76.5 cm³/mol. The number of aryl methyl sites for hydroxylation is 1. The van der Waals surface area contributed by atoms with Crippen molar-refractivity contribution in [2.45, 2.75) is 20.8 Å². The van der Waals surface area contributed by atoms with Gasteiger partial charge in [0.15, 0.2) is 0 Å². The number of hydrogen-bond acceptors (Lipinski definition) is 4. The SMILES string of the molecule is CCOc1cc(N2CCOCC2)c(OCC)cc1C. The lowest BCUT2D eigenvalue weighted by Crippen LogP contribution is -2.36. The fraction of sp³-hybridized carbons (Fsp3) is 0.600. The van der Waals surface area contributed by atoms with E-state index in [1.807, 2.05) is 13.8 Å². The number of morpholine rings is 1. The standard InChI is InChI=1S/C15H23NO3/c1-4-18-14-11-13(16-6-8-17-9-7-16)15(19-5-2)10-12(14)3/h10-11H,4-9H2,1-3H3. The maximum absolute atomic E-state index is 5.77. The first-order valence-corrected chi connectivity index (χ1v) is 6.99. The van der Waals surface area contributed by atoms with Gasteiger partial charge in [-0.25, -0.2) is 0 Å². The smallest absolute Gasteiger partial charge is 0.143 e. The predicted octanol–water partition coefficient (Wildman–Crippen LogP) is 2.63. The quantitative estimate of drug-likeness (QED) is 0.819. The summed E-state index contributed by atoms with van der Waals surface area (Å²) in [7, 11) is 0. The monoisotopic (exact) mass is 265 g/mol. The molecule has 0 radical (unpaired) electrons. The first-order chi connectivity index (χ1) is 9.26. The molecule has 0 bridgehead atoms. The van der Waals surface area contributed by atoms with Gasteiger partial charge in [-0.15, -0.1) is 0 Å². The summed E-state index contributed by atoms with van der Waals surface area (Å²) in [5.41, 5.74) is 2.22. The highest BCUT2D eigenvalue weighted by Crippen LogP contribution is 2.35. The van der Waals surface area contributed by atoms with Gasteiger partial charge in [0.05, 0.1) is 32.1 Å². The van der Waals surface area contributed by atoms with Crippen molar-refractivity contribution < 1.29 is 14.2 Å². The van der Waals surface area contributed by atoms with Crippen LogP contribution in [0, 0.1) is 6.92 Å². The molecular formula is C15H23NO3. The maximum atomic E-state index is 5.77. The Morgan fingerprint density at radius 2 is 1.68 bits per heavy atom. The fourth-order valence-electron chi connectivity index (χ4n) is 2.28. The minimum atomic E-state index is 0.671. The van der Waals surface area contributed by atoms with E-state index < -0.39 is 0 Å². The Bertz CT molecular complexity index is 414. The van der Waals surface area contributed by atoms with Gasteiger partial charge in [0.25, 0.3) is 0 Å². The topological polar surface area (TPSA) is 30.9 Å². The summed E-state index contributed by atoms with van der Waals surface area (Å²) < 4.78 is 16.9. The molecule has 106 valence electrons. The summed E-state index contributed by atoms with van der Waals surface area (Å²) in [6.07, 6.45) is 0. The van der Waals surface area contributed by atoms with Gasteiger partial charge < -0.3 is 19.1 Å². The second kappa shape index (κ2) is 6.66. The number of benzene rings is 1. The number of nitrogens with zero attached hydrogens (tertiary/aromatic N) is 1. The van der Waals surface area contributed by atoms with E-state index in [4.69, 9.17) is 14.2 Å². The molecule has 0 amide bonds. The Hall–Kier alpha value is -1.42. The third-order valence-electron chi connectivity index (χ3n) is 3.21. The number of ether oxygens (including phenoxy) is 3. The lowest BCUT2D eigenvalue weighted by molar-refractivity contribution is 0.122. The van der Waals surface area contributed by atoms with Crippen molar-refractivity contribution in [3.05, 3.63) is 17.7 Å². The van der Waals surface area contributed by atoms with Crippen molar-refractivity contribution >= 4 is 5.69 Å². The lowest BCUT2D eigenvalue weighted by atomic mass is 10.1.